The summed E-state index contributed by atoms with van der Waals surface area (Å²) in [6.45, 7) is 7.15. The van der Waals surface area contributed by atoms with E-state index in [9.17, 15) is 28.1 Å². The molecule has 11 nitrogen and oxygen atoms in total. The number of benzene rings is 1. The van der Waals surface area contributed by atoms with Crippen LogP contribution >= 0.6 is 0 Å². The van der Waals surface area contributed by atoms with Crippen LogP contribution in [0.25, 0.3) is 0 Å². The zero-order valence-corrected chi connectivity index (χ0v) is 19.3. The number of carbonyl (C=O) groups excluding carboxylic acids is 2. The first-order valence-corrected chi connectivity index (χ1v) is 11.1. The Morgan fingerprint density at radius 2 is 1.84 bits per heavy atom. The fourth-order valence-corrected chi connectivity index (χ4v) is 4.15. The van der Waals surface area contributed by atoms with E-state index in [2.05, 4.69) is 16.6 Å². The van der Waals surface area contributed by atoms with Crippen molar-refractivity contribution in [1.29, 1.82) is 0 Å². The maximum atomic E-state index is 13.2. The average Bonchev–Trinajstić information content (AvgIpc) is 2.70. The molecule has 1 aromatic rings. The summed E-state index contributed by atoms with van der Waals surface area (Å²) >= 11 is 0. The zero-order valence-electron chi connectivity index (χ0n) is 18.5. The molecular weight excluding hydrogens is 442 g/mol. The van der Waals surface area contributed by atoms with Gasteiger partial charge >= 0.3 is 12.1 Å². The summed E-state index contributed by atoms with van der Waals surface area (Å²) in [5, 5.41) is 13.7. The number of nitrogens with zero attached hydrogens (tertiary/aromatic N) is 2. The molecule has 1 amide bonds. The molecule has 12 heteroatoms. The molecule has 0 aliphatic heterocycles. The monoisotopic (exact) mass is 471 g/mol. The number of nitro groups is 1. The number of alkyl carbamates (subject to hydrolysis) is 1. The quantitative estimate of drug-likeness (QED) is 0.223. The van der Waals surface area contributed by atoms with Crippen LogP contribution in [0.1, 0.15) is 27.2 Å². The van der Waals surface area contributed by atoms with Gasteiger partial charge in [0.2, 0.25) is 16.1 Å². The van der Waals surface area contributed by atoms with Crippen LogP contribution in [0.2, 0.25) is 0 Å². The Morgan fingerprint density at radius 3 is 2.31 bits per heavy atom. The van der Waals surface area contributed by atoms with Crippen molar-refractivity contribution in [2.75, 3.05) is 20.2 Å². The minimum atomic E-state index is -4.26. The largest absolute Gasteiger partial charge is 0.467 e. The van der Waals surface area contributed by atoms with Gasteiger partial charge in [0.25, 0.3) is 0 Å². The molecule has 0 saturated carbocycles. The Balaban J connectivity index is 3.33. The van der Waals surface area contributed by atoms with E-state index in [1.54, 1.807) is 26.8 Å². The number of esters is 1. The normalized spacial score (nSPS) is 13.7. The minimum Gasteiger partial charge on any atom is -0.467 e. The molecule has 0 heterocycles. The molecule has 1 N–H and O–H groups in total. The van der Waals surface area contributed by atoms with Gasteiger partial charge < -0.3 is 14.8 Å². The molecule has 0 aromatic heterocycles. The van der Waals surface area contributed by atoms with Crippen molar-refractivity contribution < 1.29 is 32.4 Å². The van der Waals surface area contributed by atoms with Gasteiger partial charge in [-0.15, -0.1) is 6.58 Å². The smallest absolute Gasteiger partial charge is 0.408 e. The fourth-order valence-electron chi connectivity index (χ4n) is 2.64. The molecule has 178 valence electrons. The topological polar surface area (TPSA) is 145 Å². The molecule has 0 radical (unpaired) electrons. The summed E-state index contributed by atoms with van der Waals surface area (Å²) in [5.74, 6) is -0.939. The molecule has 0 saturated heterocycles. The lowest BCUT2D eigenvalue weighted by Gasteiger charge is -2.28. The maximum absolute atomic E-state index is 13.2. The second kappa shape index (κ2) is 11.6. The van der Waals surface area contributed by atoms with E-state index < -0.39 is 57.8 Å². The van der Waals surface area contributed by atoms with Crippen molar-refractivity contribution in [2.24, 2.45) is 0 Å². The van der Waals surface area contributed by atoms with Crippen molar-refractivity contribution in [3.05, 3.63) is 53.1 Å². The van der Waals surface area contributed by atoms with Gasteiger partial charge in [-0.05, 0) is 32.9 Å². The van der Waals surface area contributed by atoms with Crippen molar-refractivity contribution in [1.82, 2.24) is 9.62 Å². The first-order chi connectivity index (χ1) is 14.8. The van der Waals surface area contributed by atoms with Crippen LogP contribution in [0, 0.1) is 10.1 Å². The van der Waals surface area contributed by atoms with Gasteiger partial charge in [-0.2, -0.15) is 4.31 Å². The SMILES string of the molecule is C=CCC(CN(C[C@H](NC(=O)OC(C)(C)C)C(=O)OC)S(=O)(=O)c1ccccc1)[N+](=O)[O-]. The summed E-state index contributed by atoms with van der Waals surface area (Å²) in [4.78, 5) is 35.2. The molecule has 1 unspecified atom stereocenters. The van der Waals surface area contributed by atoms with Crippen LogP contribution in [0.5, 0.6) is 0 Å². The second-order valence-corrected chi connectivity index (χ2v) is 9.76. The maximum Gasteiger partial charge on any atom is 0.408 e. The zero-order chi connectivity index (χ0) is 24.5. The third-order valence-electron chi connectivity index (χ3n) is 4.10. The molecule has 0 bridgehead atoms. The van der Waals surface area contributed by atoms with E-state index in [4.69, 9.17) is 4.74 Å². The molecule has 0 aliphatic rings. The van der Waals surface area contributed by atoms with E-state index in [1.165, 1.54) is 30.3 Å². The molecule has 1 rings (SSSR count). The summed E-state index contributed by atoms with van der Waals surface area (Å²) in [6, 6.07) is 4.47. The molecule has 32 heavy (non-hydrogen) atoms. The Kier molecular flexibility index (Phi) is 9.79. The number of hydrogen-bond acceptors (Lipinski definition) is 8. The van der Waals surface area contributed by atoms with Gasteiger partial charge in [0, 0.05) is 17.9 Å². The van der Waals surface area contributed by atoms with Crippen molar-refractivity contribution in [3.63, 3.8) is 0 Å². The molecule has 0 spiro atoms. The first-order valence-electron chi connectivity index (χ1n) is 9.68. The third kappa shape index (κ3) is 8.27. The van der Waals surface area contributed by atoms with Gasteiger partial charge in [-0.1, -0.05) is 24.3 Å². The number of amides is 1. The first kappa shape index (κ1) is 27.0. The van der Waals surface area contributed by atoms with Gasteiger partial charge in [-0.25, -0.2) is 18.0 Å². The van der Waals surface area contributed by atoms with E-state index in [1.807, 2.05) is 0 Å². The summed E-state index contributed by atoms with van der Waals surface area (Å²) < 4.78 is 37.1. The van der Waals surface area contributed by atoms with E-state index in [0.717, 1.165) is 11.4 Å². The molecule has 0 aliphatic carbocycles. The molecule has 0 fully saturated rings. The number of sulfonamides is 1. The summed E-state index contributed by atoms with van der Waals surface area (Å²) in [7, 11) is -3.19. The summed E-state index contributed by atoms with van der Waals surface area (Å²) in [5.41, 5.74) is -0.874. The van der Waals surface area contributed by atoms with E-state index in [-0.39, 0.29) is 11.3 Å². The number of nitrogens with one attached hydrogen (secondary N) is 1. The van der Waals surface area contributed by atoms with Gasteiger partial charge in [-0.3, -0.25) is 10.1 Å². The van der Waals surface area contributed by atoms with Crippen LogP contribution in [-0.2, 0) is 24.3 Å². The minimum absolute atomic E-state index is 0.101. The highest BCUT2D eigenvalue weighted by Gasteiger charge is 2.36. The van der Waals surface area contributed by atoms with Crippen LogP contribution in [0.3, 0.4) is 0 Å². The van der Waals surface area contributed by atoms with Crippen LogP contribution in [0.15, 0.2) is 47.9 Å². The number of ether oxygens (including phenoxy) is 2. The van der Waals surface area contributed by atoms with Gasteiger partial charge in [0.1, 0.15) is 11.6 Å². The molecule has 2 atom stereocenters. The highest BCUT2D eigenvalue weighted by molar-refractivity contribution is 7.89. The third-order valence-corrected chi connectivity index (χ3v) is 5.94. The number of methoxy groups -OCH3 is 1. The van der Waals surface area contributed by atoms with E-state index in [0.29, 0.717) is 0 Å². The standard InChI is InChI=1S/C20H29N3O8S/c1-6-10-15(23(26)27)13-22(32(28,29)16-11-8-7-9-12-16)14-17(18(24)30-5)21-19(25)31-20(2,3)4/h6-9,11-12,15,17H,1,10,13-14H2,2-5H3,(H,21,25)/t15?,17-/m0/s1. The Morgan fingerprint density at radius 1 is 1.25 bits per heavy atom. The Hall–Kier alpha value is -2.99. The predicted octanol–water partition coefficient (Wildman–Crippen LogP) is 1.96. The Labute approximate surface area is 187 Å². The lowest BCUT2D eigenvalue weighted by molar-refractivity contribution is -0.521. The van der Waals surface area contributed by atoms with Crippen molar-refractivity contribution >= 4 is 22.1 Å². The molecular formula is C20H29N3O8S. The number of carbonyl (C=O) groups is 2. The van der Waals surface area contributed by atoms with Crippen LogP contribution in [0.4, 0.5) is 4.79 Å². The van der Waals surface area contributed by atoms with E-state index >= 15 is 0 Å². The van der Waals surface area contributed by atoms with Crippen LogP contribution < -0.4 is 5.32 Å². The Bertz CT molecular complexity index is 913. The summed E-state index contributed by atoms with van der Waals surface area (Å²) in [6.07, 6.45) is 0.232. The fraction of sp³-hybridized carbons (Fsp3) is 0.500. The highest BCUT2D eigenvalue weighted by Crippen LogP contribution is 2.18. The van der Waals surface area contributed by atoms with Crippen molar-refractivity contribution in [3.8, 4) is 0 Å². The number of hydrogen-bond donors (Lipinski definition) is 1. The lowest BCUT2D eigenvalue weighted by atomic mass is 10.2. The highest BCUT2D eigenvalue weighted by atomic mass is 32.2. The average molecular weight is 472 g/mol. The van der Waals surface area contributed by atoms with Crippen LogP contribution in [-0.4, -0.2) is 67.6 Å². The second-order valence-electron chi connectivity index (χ2n) is 7.82. The van der Waals surface area contributed by atoms with Gasteiger partial charge in [0.05, 0.1) is 18.6 Å². The number of rotatable bonds is 11. The lowest BCUT2D eigenvalue weighted by Crippen LogP contribution is -2.53. The van der Waals surface area contributed by atoms with Gasteiger partial charge in [0.15, 0.2) is 0 Å². The predicted molar refractivity (Wildman–Crippen MR) is 116 cm³/mol. The molecule has 1 aromatic carbocycles. The van der Waals surface area contributed by atoms with Crippen molar-refractivity contribution in [2.45, 2.75) is 49.8 Å².